The van der Waals surface area contributed by atoms with Crippen molar-refractivity contribution in [2.45, 2.75) is 53.9 Å². The number of hydrogen-bond acceptors (Lipinski definition) is 1. The van der Waals surface area contributed by atoms with Crippen LogP contribution in [-0.2, 0) is 0 Å². The highest BCUT2D eigenvalue weighted by molar-refractivity contribution is 6.14. The lowest BCUT2D eigenvalue weighted by Crippen LogP contribution is -1.99. The maximum atomic E-state index is 4.17. The Morgan fingerprint density at radius 1 is 0.800 bits per heavy atom. The van der Waals surface area contributed by atoms with Crippen LogP contribution in [0.5, 0.6) is 0 Å². The summed E-state index contributed by atoms with van der Waals surface area (Å²) in [7, 11) is 0. The second-order valence-electron chi connectivity index (χ2n) is 9.11. The van der Waals surface area contributed by atoms with E-state index in [0.717, 1.165) is 41.5 Å². The van der Waals surface area contributed by atoms with Gasteiger partial charge in [0.25, 0.3) is 0 Å². The Labute approximate surface area is 243 Å². The molecule has 0 radical (unpaired) electrons. The van der Waals surface area contributed by atoms with Crippen LogP contribution in [0.25, 0.3) is 34.4 Å². The lowest BCUT2D eigenvalue weighted by molar-refractivity contribution is 1.06. The lowest BCUT2D eigenvalue weighted by Gasteiger charge is -2.19. The van der Waals surface area contributed by atoms with Crippen LogP contribution in [0, 0.1) is 6.92 Å². The molecule has 40 heavy (non-hydrogen) atoms. The second kappa shape index (κ2) is 17.4. The maximum Gasteiger partial charge on any atom is 0.0362 e. The van der Waals surface area contributed by atoms with Gasteiger partial charge in [-0.2, -0.15) is 0 Å². The molecule has 0 bridgehead atoms. The van der Waals surface area contributed by atoms with Crippen molar-refractivity contribution in [3.05, 3.63) is 144 Å². The van der Waals surface area contributed by atoms with E-state index in [9.17, 15) is 0 Å². The van der Waals surface area contributed by atoms with Crippen LogP contribution in [0.4, 0.5) is 0 Å². The average molecular weight is 528 g/mol. The number of aryl methyl sites for hydroxylation is 1. The van der Waals surface area contributed by atoms with Crippen molar-refractivity contribution in [1.29, 1.82) is 0 Å². The fraction of sp³-hybridized carbons (Fsp3) is 0.205. The van der Waals surface area contributed by atoms with Gasteiger partial charge in [0.15, 0.2) is 0 Å². The number of allylic oxidation sites excluding steroid dienone is 5. The molecule has 3 aromatic rings. The standard InChI is InChI=1S/C32H29N.C5H10.C2H6/c1-5-8-9-14-31(29-13-11-10-12-23(29)4)32-20-19-30(27(6-2)28(32)7-3)25-17-15-24(16-18-25)26-21-33-22-26;1-3-5-4-2;1-2/h5-7,10-22H,1-3,8-9H2,4H3;3,5H,4H2,1-2H3;1-2H3/b31-14+;5-3-;. The molecule has 1 heterocycles. The molecule has 0 atom stereocenters. The third-order valence-electron chi connectivity index (χ3n) is 6.57. The number of benzene rings is 3. The molecular formula is C39H45N. The second-order valence-corrected chi connectivity index (χ2v) is 9.11. The molecule has 0 aromatic heterocycles. The maximum absolute atomic E-state index is 4.17. The molecule has 0 unspecified atom stereocenters. The summed E-state index contributed by atoms with van der Waals surface area (Å²) in [6.45, 7) is 22.5. The average Bonchev–Trinajstić information content (AvgIpc) is 2.96. The van der Waals surface area contributed by atoms with Gasteiger partial charge in [0, 0.05) is 18.0 Å². The molecule has 0 aliphatic carbocycles. The van der Waals surface area contributed by atoms with E-state index in [4.69, 9.17) is 0 Å². The van der Waals surface area contributed by atoms with Gasteiger partial charge in [-0.15, -0.1) is 6.58 Å². The largest absolute Gasteiger partial charge is 0.263 e. The first kappa shape index (κ1) is 32.0. The minimum absolute atomic E-state index is 0.940. The van der Waals surface area contributed by atoms with Crippen molar-refractivity contribution in [3.63, 3.8) is 0 Å². The third kappa shape index (κ3) is 8.13. The minimum Gasteiger partial charge on any atom is -0.263 e. The molecule has 0 saturated heterocycles. The molecule has 3 aromatic carbocycles. The van der Waals surface area contributed by atoms with Crippen molar-refractivity contribution in [3.8, 4) is 11.1 Å². The van der Waals surface area contributed by atoms with Crippen molar-refractivity contribution >= 4 is 29.5 Å². The molecule has 4 rings (SSSR count). The summed E-state index contributed by atoms with van der Waals surface area (Å²) in [4.78, 5) is 4.07. The van der Waals surface area contributed by atoms with E-state index in [0.29, 0.717) is 0 Å². The molecule has 206 valence electrons. The number of hydrogen-bond donors (Lipinski definition) is 0. The Hall–Kier alpha value is -4.23. The normalized spacial score (nSPS) is 11.8. The van der Waals surface area contributed by atoms with Crippen molar-refractivity contribution in [2.24, 2.45) is 4.99 Å². The van der Waals surface area contributed by atoms with E-state index in [1.807, 2.05) is 51.4 Å². The van der Waals surface area contributed by atoms with Gasteiger partial charge < -0.3 is 0 Å². The van der Waals surface area contributed by atoms with Gasteiger partial charge in [0.05, 0.1) is 0 Å². The van der Waals surface area contributed by atoms with Gasteiger partial charge in [0.1, 0.15) is 0 Å². The molecule has 0 fully saturated rings. The molecule has 1 nitrogen and oxygen atoms in total. The van der Waals surface area contributed by atoms with Gasteiger partial charge in [-0.25, -0.2) is 0 Å². The van der Waals surface area contributed by atoms with E-state index in [2.05, 4.69) is 117 Å². The molecular weight excluding hydrogens is 482 g/mol. The fourth-order valence-electron chi connectivity index (χ4n) is 4.52. The van der Waals surface area contributed by atoms with Gasteiger partial charge >= 0.3 is 0 Å². The van der Waals surface area contributed by atoms with Crippen LogP contribution in [0.3, 0.4) is 0 Å². The summed E-state index contributed by atoms with van der Waals surface area (Å²) in [6.07, 6.45) is 19.2. The Morgan fingerprint density at radius 3 is 1.95 bits per heavy atom. The minimum atomic E-state index is 0.940. The van der Waals surface area contributed by atoms with Crippen LogP contribution in [0.15, 0.2) is 116 Å². The zero-order chi connectivity index (χ0) is 29.3. The van der Waals surface area contributed by atoms with E-state index in [-0.39, 0.29) is 0 Å². The molecule has 1 aliphatic rings. The summed E-state index contributed by atoms with van der Waals surface area (Å²) >= 11 is 0. The van der Waals surface area contributed by atoms with E-state index < -0.39 is 0 Å². The van der Waals surface area contributed by atoms with Crippen LogP contribution in [0.1, 0.15) is 80.3 Å². The summed E-state index contributed by atoms with van der Waals surface area (Å²) in [5, 5.41) is 0. The monoisotopic (exact) mass is 527 g/mol. The van der Waals surface area contributed by atoms with Gasteiger partial charge in [-0.3, -0.25) is 4.99 Å². The molecule has 0 amide bonds. The fourth-order valence-corrected chi connectivity index (χ4v) is 4.52. The van der Waals surface area contributed by atoms with E-state index in [1.54, 1.807) is 0 Å². The zero-order valence-corrected chi connectivity index (χ0v) is 25.1. The molecule has 1 heteroatoms. The molecule has 0 spiro atoms. The highest BCUT2D eigenvalue weighted by atomic mass is 14.7. The Balaban J connectivity index is 0.000000722. The Morgan fingerprint density at radius 2 is 1.45 bits per heavy atom. The van der Waals surface area contributed by atoms with Crippen molar-refractivity contribution in [2.75, 3.05) is 0 Å². The zero-order valence-electron chi connectivity index (χ0n) is 25.1. The summed E-state index contributed by atoms with van der Waals surface area (Å²) in [6, 6.07) is 21.6. The third-order valence-corrected chi connectivity index (χ3v) is 6.57. The van der Waals surface area contributed by atoms with Crippen molar-refractivity contribution in [1.82, 2.24) is 0 Å². The lowest BCUT2D eigenvalue weighted by atomic mass is 9.85. The highest BCUT2D eigenvalue weighted by Gasteiger charge is 2.16. The molecule has 1 aliphatic heterocycles. The SMILES string of the molecule is C/C=C\CC.C=CCC/C=C(\c1ccccc1C)c1ccc(-c2ccc(C3=CN=C3)cc2)c(C=C)c1C=C.CC. The number of aliphatic imine (C=N–C) groups is 1. The molecule has 0 N–H and O–H groups in total. The van der Waals surface area contributed by atoms with E-state index >= 15 is 0 Å². The van der Waals surface area contributed by atoms with Gasteiger partial charge in [-0.1, -0.05) is 131 Å². The summed E-state index contributed by atoms with van der Waals surface area (Å²) in [5.74, 6) is 0. The van der Waals surface area contributed by atoms with Gasteiger partial charge in [-0.05, 0) is 83.2 Å². The van der Waals surface area contributed by atoms with E-state index in [1.165, 1.54) is 33.4 Å². The number of unbranched alkanes of at least 4 members (excludes halogenated alkanes) is 1. The predicted molar refractivity (Wildman–Crippen MR) is 183 cm³/mol. The summed E-state index contributed by atoms with van der Waals surface area (Å²) in [5.41, 5.74) is 11.8. The number of nitrogens with zero attached hydrogens (tertiary/aromatic N) is 1. The van der Waals surface area contributed by atoms with Gasteiger partial charge in [0.2, 0.25) is 0 Å². The van der Waals surface area contributed by atoms with Crippen LogP contribution in [-0.4, -0.2) is 6.21 Å². The summed E-state index contributed by atoms with van der Waals surface area (Å²) < 4.78 is 0. The van der Waals surface area contributed by atoms with Crippen LogP contribution in [0.2, 0.25) is 0 Å². The topological polar surface area (TPSA) is 12.4 Å². The first-order valence-electron chi connectivity index (χ1n) is 14.3. The highest BCUT2D eigenvalue weighted by Crippen LogP contribution is 2.37. The first-order valence-corrected chi connectivity index (χ1v) is 14.3. The molecule has 0 saturated carbocycles. The van der Waals surface area contributed by atoms with Crippen LogP contribution < -0.4 is 0 Å². The Bertz CT molecular complexity index is 1390. The smallest absolute Gasteiger partial charge is 0.0362 e. The number of rotatable bonds is 10. The van der Waals surface area contributed by atoms with Crippen LogP contribution >= 0.6 is 0 Å². The Kier molecular flexibility index (Phi) is 13.9. The predicted octanol–water partition coefficient (Wildman–Crippen LogP) is 11.8. The quantitative estimate of drug-likeness (QED) is 0.184. The first-order chi connectivity index (χ1) is 19.6. The van der Waals surface area contributed by atoms with Crippen molar-refractivity contribution < 1.29 is 0 Å².